The summed E-state index contributed by atoms with van der Waals surface area (Å²) in [5, 5.41) is 3.33. The molecule has 1 radical (unpaired) electrons. The summed E-state index contributed by atoms with van der Waals surface area (Å²) in [7, 11) is 0. The molecular formula is C8H10NS. The molecule has 0 amide bonds. The Labute approximate surface area is 65.1 Å². The largest absolute Gasteiger partial charge is 0.249 e. The van der Waals surface area contributed by atoms with E-state index in [0.717, 1.165) is 0 Å². The minimum absolute atomic E-state index is 1.28. The average molecular weight is 152 g/mol. The first kappa shape index (κ1) is 6.35. The maximum atomic E-state index is 4.28. The second-order valence-corrected chi connectivity index (χ2v) is 3.54. The van der Waals surface area contributed by atoms with Gasteiger partial charge in [-0.3, -0.25) is 0 Å². The van der Waals surface area contributed by atoms with Crippen LogP contribution in [-0.4, -0.2) is 4.98 Å². The highest BCUT2D eigenvalue weighted by atomic mass is 32.1. The zero-order chi connectivity index (χ0) is 6.81. The Morgan fingerprint density at radius 3 is 2.70 bits per heavy atom. The monoisotopic (exact) mass is 152 g/mol. The van der Waals surface area contributed by atoms with Gasteiger partial charge in [0.1, 0.15) is 0 Å². The fraction of sp³-hybridized carbons (Fsp3) is 0.500. The van der Waals surface area contributed by atoms with Gasteiger partial charge in [0.2, 0.25) is 0 Å². The summed E-state index contributed by atoms with van der Waals surface area (Å²) in [6, 6.07) is 0. The van der Waals surface area contributed by atoms with Crippen LogP contribution in [0.4, 0.5) is 0 Å². The van der Waals surface area contributed by atoms with Crippen molar-refractivity contribution in [2.45, 2.75) is 25.7 Å². The third kappa shape index (κ3) is 1.08. The Balaban J connectivity index is 2.12. The summed E-state index contributed by atoms with van der Waals surface area (Å²) in [5.41, 5.74) is 0. The third-order valence-corrected chi connectivity index (χ3v) is 2.82. The topological polar surface area (TPSA) is 12.9 Å². The van der Waals surface area contributed by atoms with Crippen LogP contribution in [0.5, 0.6) is 0 Å². The van der Waals surface area contributed by atoms with Gasteiger partial charge in [0.15, 0.2) is 0 Å². The lowest BCUT2D eigenvalue weighted by Crippen LogP contribution is -1.90. The first-order valence-electron chi connectivity index (χ1n) is 3.71. The summed E-state index contributed by atoms with van der Waals surface area (Å²) in [5.74, 6) is 1.58. The van der Waals surface area contributed by atoms with Crippen molar-refractivity contribution in [2.24, 2.45) is 0 Å². The van der Waals surface area contributed by atoms with Crippen LogP contribution in [0.3, 0.4) is 0 Å². The quantitative estimate of drug-likeness (QED) is 0.603. The van der Waals surface area contributed by atoms with E-state index in [1.54, 1.807) is 17.3 Å². The molecular weight excluding hydrogens is 142 g/mol. The van der Waals surface area contributed by atoms with E-state index in [-0.39, 0.29) is 0 Å². The van der Waals surface area contributed by atoms with E-state index in [1.807, 2.05) is 6.20 Å². The van der Waals surface area contributed by atoms with E-state index in [1.165, 1.54) is 30.7 Å². The van der Waals surface area contributed by atoms with Gasteiger partial charge in [-0.2, -0.15) is 0 Å². The minimum atomic E-state index is 1.28. The highest BCUT2D eigenvalue weighted by Gasteiger charge is 2.19. The normalized spacial score (nSPS) is 20.0. The molecule has 1 aliphatic carbocycles. The molecule has 0 bridgehead atoms. The van der Waals surface area contributed by atoms with Gasteiger partial charge in [-0.1, -0.05) is 12.8 Å². The fourth-order valence-electron chi connectivity index (χ4n) is 1.41. The van der Waals surface area contributed by atoms with Crippen LogP contribution in [-0.2, 0) is 0 Å². The summed E-state index contributed by atoms with van der Waals surface area (Å²) in [4.78, 5) is 4.28. The lowest BCUT2D eigenvalue weighted by Gasteiger charge is -2.00. The standard InChI is InChI=1S/C8H10NS/c1-2-4-7(3-1)8-9-5-6-10-8/h5-6H,1-4H2. The van der Waals surface area contributed by atoms with Crippen molar-refractivity contribution in [2.75, 3.05) is 0 Å². The molecule has 0 saturated heterocycles. The van der Waals surface area contributed by atoms with E-state index >= 15 is 0 Å². The first-order chi connectivity index (χ1) is 4.97. The van der Waals surface area contributed by atoms with E-state index in [0.29, 0.717) is 0 Å². The Morgan fingerprint density at radius 1 is 1.30 bits per heavy atom. The number of hydrogen-bond acceptors (Lipinski definition) is 2. The van der Waals surface area contributed by atoms with Crippen LogP contribution in [0.1, 0.15) is 30.7 Å². The second kappa shape index (κ2) is 2.70. The maximum Gasteiger partial charge on any atom is 0.0996 e. The molecule has 1 aromatic heterocycles. The average Bonchev–Trinajstić information content (AvgIpc) is 2.59. The first-order valence-corrected chi connectivity index (χ1v) is 4.59. The molecule has 2 heteroatoms. The van der Waals surface area contributed by atoms with Crippen LogP contribution in [0.25, 0.3) is 0 Å². The Bertz CT molecular complexity index is 187. The number of thiazole rings is 1. The summed E-state index contributed by atoms with van der Waals surface area (Å²) < 4.78 is 0. The molecule has 0 aromatic carbocycles. The van der Waals surface area contributed by atoms with Gasteiger partial charge in [-0.05, 0) is 12.8 Å². The van der Waals surface area contributed by atoms with Crippen LogP contribution in [0, 0.1) is 5.92 Å². The molecule has 1 heterocycles. The fourth-order valence-corrected chi connectivity index (χ4v) is 2.16. The molecule has 1 saturated carbocycles. The molecule has 10 heavy (non-hydrogen) atoms. The van der Waals surface area contributed by atoms with Gasteiger partial charge >= 0.3 is 0 Å². The van der Waals surface area contributed by atoms with Crippen molar-refractivity contribution in [3.05, 3.63) is 22.5 Å². The summed E-state index contributed by atoms with van der Waals surface area (Å²) in [6.45, 7) is 0. The maximum absolute atomic E-state index is 4.28. The highest BCUT2D eigenvalue weighted by Crippen LogP contribution is 2.33. The van der Waals surface area contributed by atoms with Crippen molar-refractivity contribution in [1.82, 2.24) is 4.98 Å². The van der Waals surface area contributed by atoms with Crippen molar-refractivity contribution in [3.63, 3.8) is 0 Å². The van der Waals surface area contributed by atoms with Crippen molar-refractivity contribution in [3.8, 4) is 0 Å². The predicted octanol–water partition coefficient (Wildman–Crippen LogP) is 2.64. The van der Waals surface area contributed by atoms with Gasteiger partial charge < -0.3 is 0 Å². The lowest BCUT2D eigenvalue weighted by atomic mass is 10.1. The zero-order valence-corrected chi connectivity index (χ0v) is 6.66. The van der Waals surface area contributed by atoms with E-state index in [9.17, 15) is 0 Å². The molecule has 1 aromatic rings. The summed E-state index contributed by atoms with van der Waals surface area (Å²) >= 11 is 1.77. The van der Waals surface area contributed by atoms with Crippen molar-refractivity contribution in [1.29, 1.82) is 0 Å². The number of aromatic nitrogens is 1. The SMILES string of the molecule is c1csc([C]2CCCC2)n1. The van der Waals surface area contributed by atoms with Crippen LogP contribution >= 0.6 is 11.3 Å². The van der Waals surface area contributed by atoms with Gasteiger partial charge in [-0.25, -0.2) is 4.98 Å². The molecule has 0 N–H and O–H groups in total. The Kier molecular flexibility index (Phi) is 1.72. The molecule has 0 spiro atoms. The molecule has 2 rings (SSSR count). The zero-order valence-electron chi connectivity index (χ0n) is 5.84. The molecule has 53 valence electrons. The van der Waals surface area contributed by atoms with Gasteiger partial charge in [0, 0.05) is 17.5 Å². The van der Waals surface area contributed by atoms with E-state index in [4.69, 9.17) is 0 Å². The number of hydrogen-bond donors (Lipinski definition) is 0. The van der Waals surface area contributed by atoms with Crippen LogP contribution in [0.2, 0.25) is 0 Å². The van der Waals surface area contributed by atoms with E-state index < -0.39 is 0 Å². The van der Waals surface area contributed by atoms with Gasteiger partial charge in [-0.15, -0.1) is 11.3 Å². The molecule has 1 aliphatic rings. The Hall–Kier alpha value is -0.370. The predicted molar refractivity (Wildman–Crippen MR) is 42.9 cm³/mol. The van der Waals surface area contributed by atoms with Crippen LogP contribution < -0.4 is 0 Å². The molecule has 0 atom stereocenters. The number of rotatable bonds is 1. The molecule has 0 unspecified atom stereocenters. The van der Waals surface area contributed by atoms with Crippen molar-refractivity contribution < 1.29 is 0 Å². The summed E-state index contributed by atoms with van der Waals surface area (Å²) in [6.07, 6.45) is 7.20. The van der Waals surface area contributed by atoms with Crippen molar-refractivity contribution >= 4 is 11.3 Å². The lowest BCUT2D eigenvalue weighted by molar-refractivity contribution is 0.886. The van der Waals surface area contributed by atoms with Crippen LogP contribution in [0.15, 0.2) is 11.6 Å². The molecule has 0 aliphatic heterocycles. The smallest absolute Gasteiger partial charge is 0.0996 e. The highest BCUT2D eigenvalue weighted by molar-refractivity contribution is 7.09. The second-order valence-electron chi connectivity index (χ2n) is 2.65. The van der Waals surface area contributed by atoms with Gasteiger partial charge in [0.05, 0.1) is 5.01 Å². The number of nitrogens with zero attached hydrogens (tertiary/aromatic N) is 1. The van der Waals surface area contributed by atoms with Gasteiger partial charge in [0.25, 0.3) is 0 Å². The molecule has 1 fully saturated rings. The van der Waals surface area contributed by atoms with E-state index in [2.05, 4.69) is 10.4 Å². The third-order valence-electron chi connectivity index (χ3n) is 1.94. The Morgan fingerprint density at radius 2 is 2.10 bits per heavy atom. The minimum Gasteiger partial charge on any atom is -0.249 e. The molecule has 1 nitrogen and oxygen atoms in total.